The average molecular weight is 394 g/mol. The maximum atomic E-state index is 13.1. The number of hydrogen-bond donors (Lipinski definition) is 0. The second-order valence-corrected chi connectivity index (χ2v) is 8.49. The molecule has 0 radical (unpaired) electrons. The van der Waals surface area contributed by atoms with E-state index in [4.69, 9.17) is 9.47 Å². The van der Waals surface area contributed by atoms with Crippen LogP contribution in [0.15, 0.2) is 24.3 Å². The van der Waals surface area contributed by atoms with Crippen LogP contribution < -0.4 is 4.74 Å². The number of ether oxygens (including phenoxy) is 2. The Hall–Kier alpha value is -1.69. The summed E-state index contributed by atoms with van der Waals surface area (Å²) in [5, 5.41) is 0.0273. The standard InChI is InChI=1S/C21H31NO4S/c1-5-6-11-26-21(24)18-14-27-20(12-15(2)3)22(18)19(23)13-16-7-9-17(25-4)10-8-16/h7-10,15,18,20H,5-6,11-14H2,1-4H3/t18-,20+/m0/s1. The van der Waals surface area contributed by atoms with E-state index in [-0.39, 0.29) is 23.7 Å². The van der Waals surface area contributed by atoms with Crippen LogP contribution in [-0.4, -0.2) is 47.7 Å². The first-order valence-corrected chi connectivity index (χ1v) is 10.7. The molecule has 0 aromatic heterocycles. The summed E-state index contributed by atoms with van der Waals surface area (Å²) in [4.78, 5) is 27.4. The van der Waals surface area contributed by atoms with Crippen LogP contribution in [0.25, 0.3) is 0 Å². The maximum absolute atomic E-state index is 13.1. The number of thioether (sulfide) groups is 1. The van der Waals surface area contributed by atoms with Crippen molar-refractivity contribution in [1.82, 2.24) is 4.90 Å². The van der Waals surface area contributed by atoms with Gasteiger partial charge in [-0.1, -0.05) is 39.3 Å². The molecule has 27 heavy (non-hydrogen) atoms. The van der Waals surface area contributed by atoms with Gasteiger partial charge in [-0.2, -0.15) is 0 Å². The fourth-order valence-corrected chi connectivity index (χ4v) is 4.73. The van der Waals surface area contributed by atoms with E-state index in [9.17, 15) is 9.59 Å². The van der Waals surface area contributed by atoms with Crippen molar-refractivity contribution in [2.75, 3.05) is 19.5 Å². The molecule has 0 N–H and O–H groups in total. The highest BCUT2D eigenvalue weighted by atomic mass is 32.2. The molecular weight excluding hydrogens is 362 g/mol. The summed E-state index contributed by atoms with van der Waals surface area (Å²) in [5.74, 6) is 1.53. The van der Waals surface area contributed by atoms with Gasteiger partial charge < -0.3 is 14.4 Å². The van der Waals surface area contributed by atoms with Crippen LogP contribution in [-0.2, 0) is 20.7 Å². The van der Waals surface area contributed by atoms with Crippen molar-refractivity contribution in [3.63, 3.8) is 0 Å². The normalized spacial score (nSPS) is 19.4. The maximum Gasteiger partial charge on any atom is 0.329 e. The van der Waals surface area contributed by atoms with E-state index in [1.54, 1.807) is 23.8 Å². The number of benzene rings is 1. The number of carbonyl (C=O) groups is 2. The Morgan fingerprint density at radius 1 is 1.26 bits per heavy atom. The average Bonchev–Trinajstić information content (AvgIpc) is 3.05. The summed E-state index contributed by atoms with van der Waals surface area (Å²) in [6, 6.07) is 7.01. The van der Waals surface area contributed by atoms with Crippen LogP contribution in [0.2, 0.25) is 0 Å². The highest BCUT2D eigenvalue weighted by molar-refractivity contribution is 8.00. The molecule has 5 nitrogen and oxygen atoms in total. The van der Waals surface area contributed by atoms with Crippen molar-refractivity contribution >= 4 is 23.6 Å². The quantitative estimate of drug-likeness (QED) is 0.470. The van der Waals surface area contributed by atoms with Gasteiger partial charge in [-0.15, -0.1) is 11.8 Å². The van der Waals surface area contributed by atoms with Crippen LogP contribution in [0.1, 0.15) is 45.6 Å². The topological polar surface area (TPSA) is 55.8 Å². The number of amides is 1. The largest absolute Gasteiger partial charge is 0.497 e. The molecule has 0 saturated carbocycles. The van der Waals surface area contributed by atoms with Crippen molar-refractivity contribution < 1.29 is 19.1 Å². The summed E-state index contributed by atoms with van der Waals surface area (Å²) < 4.78 is 10.6. The first-order valence-electron chi connectivity index (χ1n) is 9.68. The molecular formula is C21H31NO4S. The number of rotatable bonds is 9. The van der Waals surface area contributed by atoms with Crippen LogP contribution in [0, 0.1) is 5.92 Å². The number of nitrogens with zero attached hydrogens (tertiary/aromatic N) is 1. The molecule has 2 rings (SSSR count). The van der Waals surface area contributed by atoms with Gasteiger partial charge in [0.25, 0.3) is 0 Å². The number of carbonyl (C=O) groups excluding carboxylic acids is 2. The molecule has 0 unspecified atom stereocenters. The predicted molar refractivity (Wildman–Crippen MR) is 109 cm³/mol. The van der Waals surface area contributed by atoms with Crippen LogP contribution in [0.4, 0.5) is 0 Å². The number of esters is 1. The Morgan fingerprint density at radius 2 is 1.96 bits per heavy atom. The van der Waals surface area contributed by atoms with Crippen LogP contribution >= 0.6 is 11.8 Å². The van der Waals surface area contributed by atoms with Gasteiger partial charge in [-0.3, -0.25) is 4.79 Å². The van der Waals surface area contributed by atoms with Gasteiger partial charge >= 0.3 is 5.97 Å². The molecule has 1 amide bonds. The van der Waals surface area contributed by atoms with E-state index in [0.717, 1.165) is 30.6 Å². The van der Waals surface area contributed by atoms with Gasteiger partial charge in [0.2, 0.25) is 5.91 Å². The van der Waals surface area contributed by atoms with E-state index in [0.29, 0.717) is 18.3 Å². The minimum atomic E-state index is -0.485. The number of hydrogen-bond acceptors (Lipinski definition) is 5. The smallest absolute Gasteiger partial charge is 0.329 e. The van der Waals surface area contributed by atoms with E-state index < -0.39 is 6.04 Å². The van der Waals surface area contributed by atoms with Gasteiger partial charge in [0.15, 0.2) is 0 Å². The molecule has 1 heterocycles. The summed E-state index contributed by atoms with van der Waals surface area (Å²) in [5.41, 5.74) is 0.916. The first-order chi connectivity index (χ1) is 13.0. The Morgan fingerprint density at radius 3 is 2.56 bits per heavy atom. The summed E-state index contributed by atoms with van der Waals surface area (Å²) in [6.45, 7) is 6.76. The monoisotopic (exact) mass is 393 g/mol. The predicted octanol–water partition coefficient (Wildman–Crippen LogP) is 3.90. The summed E-state index contributed by atoms with van der Waals surface area (Å²) >= 11 is 1.68. The van der Waals surface area contributed by atoms with Crippen molar-refractivity contribution in [1.29, 1.82) is 0 Å². The molecule has 1 saturated heterocycles. The van der Waals surface area contributed by atoms with Crippen molar-refractivity contribution in [3.8, 4) is 5.75 Å². The van der Waals surface area contributed by atoms with Crippen LogP contribution in [0.3, 0.4) is 0 Å². The number of methoxy groups -OCH3 is 1. The van der Waals surface area contributed by atoms with E-state index in [1.807, 2.05) is 24.3 Å². The zero-order chi connectivity index (χ0) is 19.8. The molecule has 1 aromatic rings. The molecule has 0 spiro atoms. The zero-order valence-electron chi connectivity index (χ0n) is 16.8. The molecule has 1 aliphatic heterocycles. The lowest BCUT2D eigenvalue weighted by molar-refractivity contribution is -0.154. The Bertz CT molecular complexity index is 617. The second-order valence-electron chi connectivity index (χ2n) is 7.28. The third kappa shape index (κ3) is 6.16. The molecule has 0 aliphatic carbocycles. The molecule has 150 valence electrons. The zero-order valence-corrected chi connectivity index (χ0v) is 17.6. The van der Waals surface area contributed by atoms with Gasteiger partial charge in [-0.05, 0) is 36.5 Å². The Kier molecular flexibility index (Phi) is 8.48. The van der Waals surface area contributed by atoms with Gasteiger partial charge in [0.05, 0.1) is 25.5 Å². The Labute approximate surface area is 166 Å². The SMILES string of the molecule is CCCCOC(=O)[C@@H]1CS[C@H](CC(C)C)N1C(=O)Cc1ccc(OC)cc1. The second kappa shape index (κ2) is 10.6. The lowest BCUT2D eigenvalue weighted by Crippen LogP contribution is -2.47. The summed E-state index contributed by atoms with van der Waals surface area (Å²) in [7, 11) is 1.62. The van der Waals surface area contributed by atoms with E-state index >= 15 is 0 Å². The van der Waals surface area contributed by atoms with Crippen molar-refractivity contribution in [2.45, 2.75) is 57.9 Å². The fourth-order valence-electron chi connectivity index (χ4n) is 3.09. The minimum absolute atomic E-state index is 0.0201. The lowest BCUT2D eigenvalue weighted by atomic mass is 10.1. The summed E-state index contributed by atoms with van der Waals surface area (Å²) in [6.07, 6.45) is 2.97. The van der Waals surface area contributed by atoms with Crippen molar-refractivity contribution in [2.24, 2.45) is 5.92 Å². The molecule has 1 fully saturated rings. The molecule has 6 heteroatoms. The van der Waals surface area contributed by atoms with Gasteiger partial charge in [0.1, 0.15) is 11.8 Å². The van der Waals surface area contributed by atoms with E-state index in [2.05, 4.69) is 20.8 Å². The highest BCUT2D eigenvalue weighted by Gasteiger charge is 2.42. The molecule has 2 atom stereocenters. The first kappa shape index (κ1) is 21.6. The number of unbranched alkanes of at least 4 members (excludes halogenated alkanes) is 1. The van der Waals surface area contributed by atoms with Crippen LogP contribution in [0.5, 0.6) is 5.75 Å². The highest BCUT2D eigenvalue weighted by Crippen LogP contribution is 2.34. The third-order valence-electron chi connectivity index (χ3n) is 4.58. The third-order valence-corrected chi connectivity index (χ3v) is 5.89. The Balaban J connectivity index is 2.10. The lowest BCUT2D eigenvalue weighted by Gasteiger charge is -2.29. The molecule has 1 aromatic carbocycles. The molecule has 0 bridgehead atoms. The van der Waals surface area contributed by atoms with Gasteiger partial charge in [-0.25, -0.2) is 4.79 Å². The fraction of sp³-hybridized carbons (Fsp3) is 0.619. The van der Waals surface area contributed by atoms with Gasteiger partial charge in [0, 0.05) is 5.75 Å². The van der Waals surface area contributed by atoms with E-state index in [1.165, 1.54) is 0 Å². The van der Waals surface area contributed by atoms with Crippen molar-refractivity contribution in [3.05, 3.63) is 29.8 Å². The molecule has 1 aliphatic rings. The minimum Gasteiger partial charge on any atom is -0.497 e.